The zero-order valence-corrected chi connectivity index (χ0v) is 10.5. The van der Waals surface area contributed by atoms with Gasteiger partial charge in [-0.25, -0.2) is 4.57 Å². The number of hydrogen-bond acceptors (Lipinski definition) is 1. The fraction of sp³-hybridized carbons (Fsp3) is 0.0769. The maximum absolute atomic E-state index is 4.00. The van der Waals surface area contributed by atoms with E-state index >= 15 is 0 Å². The SMILES string of the molecule is C=CC[n+]1ccc(-c2ccncc2)cc1.[Br-]. The summed E-state index contributed by atoms with van der Waals surface area (Å²) in [5.74, 6) is 0. The molecular formula is C13H13BrN2. The predicted octanol–water partition coefficient (Wildman–Crippen LogP) is -0.774. The molecule has 2 aromatic rings. The molecule has 0 saturated heterocycles. The molecule has 0 spiro atoms. The Morgan fingerprint density at radius 2 is 1.62 bits per heavy atom. The number of pyridine rings is 2. The van der Waals surface area contributed by atoms with E-state index in [1.165, 1.54) is 11.1 Å². The number of rotatable bonds is 3. The van der Waals surface area contributed by atoms with Gasteiger partial charge in [-0.05, 0) is 29.3 Å². The summed E-state index contributed by atoms with van der Waals surface area (Å²) in [5.41, 5.74) is 2.40. The van der Waals surface area contributed by atoms with Gasteiger partial charge in [-0.15, -0.1) is 0 Å². The van der Waals surface area contributed by atoms with Crippen molar-refractivity contribution in [1.29, 1.82) is 0 Å². The lowest BCUT2D eigenvalue weighted by atomic mass is 10.1. The third kappa shape index (κ3) is 3.00. The average Bonchev–Trinajstić information content (AvgIpc) is 2.32. The molecule has 0 unspecified atom stereocenters. The summed E-state index contributed by atoms with van der Waals surface area (Å²) in [4.78, 5) is 4.00. The van der Waals surface area contributed by atoms with E-state index < -0.39 is 0 Å². The van der Waals surface area contributed by atoms with Crippen LogP contribution in [-0.2, 0) is 6.54 Å². The second-order valence-corrected chi connectivity index (χ2v) is 3.31. The van der Waals surface area contributed by atoms with E-state index in [4.69, 9.17) is 0 Å². The van der Waals surface area contributed by atoms with Crippen LogP contribution in [0.5, 0.6) is 0 Å². The van der Waals surface area contributed by atoms with Gasteiger partial charge in [0.05, 0.1) is 0 Å². The van der Waals surface area contributed by atoms with E-state index in [-0.39, 0.29) is 17.0 Å². The zero-order valence-electron chi connectivity index (χ0n) is 8.88. The van der Waals surface area contributed by atoms with Crippen LogP contribution in [0, 0.1) is 0 Å². The van der Waals surface area contributed by atoms with E-state index in [0.29, 0.717) is 0 Å². The highest BCUT2D eigenvalue weighted by Crippen LogP contribution is 2.15. The molecule has 0 bridgehead atoms. The minimum absolute atomic E-state index is 0. The van der Waals surface area contributed by atoms with Gasteiger partial charge in [0.25, 0.3) is 0 Å². The molecule has 2 aromatic heterocycles. The van der Waals surface area contributed by atoms with Crippen LogP contribution in [0.2, 0.25) is 0 Å². The summed E-state index contributed by atoms with van der Waals surface area (Å²) in [6.45, 7) is 4.55. The Hall–Kier alpha value is -1.48. The minimum Gasteiger partial charge on any atom is -1.00 e. The van der Waals surface area contributed by atoms with Crippen molar-refractivity contribution in [2.45, 2.75) is 6.54 Å². The normalized spacial score (nSPS) is 9.25. The van der Waals surface area contributed by atoms with E-state index in [0.717, 1.165) is 6.54 Å². The smallest absolute Gasteiger partial charge is 0.169 e. The van der Waals surface area contributed by atoms with Crippen molar-refractivity contribution in [3.05, 3.63) is 61.7 Å². The Kier molecular flexibility index (Phi) is 4.86. The first-order valence-electron chi connectivity index (χ1n) is 4.90. The molecule has 0 amide bonds. The molecule has 0 aliphatic heterocycles. The Labute approximate surface area is 106 Å². The third-order valence-electron chi connectivity index (χ3n) is 2.24. The Morgan fingerprint density at radius 3 is 2.19 bits per heavy atom. The second-order valence-electron chi connectivity index (χ2n) is 3.31. The standard InChI is InChI=1S/C13H13N2.BrH/c1-2-9-15-10-5-13(6-11-15)12-3-7-14-8-4-12;/h2-8,10-11H,1,9H2;1H/q+1;/p-1. The van der Waals surface area contributed by atoms with Crippen LogP contribution in [-0.4, -0.2) is 4.98 Å². The predicted molar refractivity (Wildman–Crippen MR) is 60.1 cm³/mol. The largest absolute Gasteiger partial charge is 1.00 e. The maximum Gasteiger partial charge on any atom is 0.169 e. The van der Waals surface area contributed by atoms with Crippen LogP contribution >= 0.6 is 0 Å². The first-order chi connectivity index (χ1) is 7.40. The van der Waals surface area contributed by atoms with Gasteiger partial charge >= 0.3 is 0 Å². The molecule has 0 aliphatic rings. The van der Waals surface area contributed by atoms with Crippen LogP contribution in [0.25, 0.3) is 11.1 Å². The van der Waals surface area contributed by atoms with Crippen LogP contribution in [0.4, 0.5) is 0 Å². The summed E-state index contributed by atoms with van der Waals surface area (Å²) in [7, 11) is 0. The van der Waals surface area contributed by atoms with Crippen LogP contribution in [0.1, 0.15) is 0 Å². The highest BCUT2D eigenvalue weighted by Gasteiger charge is 2.00. The van der Waals surface area contributed by atoms with Crippen molar-refractivity contribution in [2.24, 2.45) is 0 Å². The summed E-state index contributed by atoms with van der Waals surface area (Å²) in [6, 6.07) is 8.21. The molecule has 16 heavy (non-hydrogen) atoms. The lowest BCUT2D eigenvalue weighted by Crippen LogP contribution is -3.00. The Bertz CT molecular complexity index is 437. The van der Waals surface area contributed by atoms with Gasteiger partial charge in [0.2, 0.25) is 0 Å². The van der Waals surface area contributed by atoms with Gasteiger partial charge in [-0.1, -0.05) is 6.58 Å². The molecule has 0 radical (unpaired) electrons. The minimum atomic E-state index is 0. The van der Waals surface area contributed by atoms with Crippen molar-refractivity contribution in [3.8, 4) is 11.1 Å². The van der Waals surface area contributed by atoms with Crippen molar-refractivity contribution in [2.75, 3.05) is 0 Å². The molecular weight excluding hydrogens is 264 g/mol. The molecule has 2 rings (SSSR count). The highest BCUT2D eigenvalue weighted by molar-refractivity contribution is 5.61. The lowest BCUT2D eigenvalue weighted by molar-refractivity contribution is -0.686. The number of allylic oxidation sites excluding steroid dienone is 1. The Balaban J connectivity index is 0.00000128. The number of aromatic nitrogens is 2. The van der Waals surface area contributed by atoms with Gasteiger partial charge in [-0.2, -0.15) is 0 Å². The van der Waals surface area contributed by atoms with Crippen molar-refractivity contribution in [3.63, 3.8) is 0 Å². The van der Waals surface area contributed by atoms with E-state index in [2.05, 4.69) is 40.7 Å². The molecule has 0 aliphatic carbocycles. The van der Waals surface area contributed by atoms with Crippen LogP contribution in [0.15, 0.2) is 61.7 Å². The maximum atomic E-state index is 4.00. The van der Waals surface area contributed by atoms with Gasteiger partial charge in [-0.3, -0.25) is 4.98 Å². The van der Waals surface area contributed by atoms with E-state index in [1.54, 1.807) is 12.4 Å². The fourth-order valence-corrected chi connectivity index (χ4v) is 1.46. The lowest BCUT2D eigenvalue weighted by Gasteiger charge is -1.99. The first-order valence-corrected chi connectivity index (χ1v) is 4.90. The molecule has 3 heteroatoms. The molecule has 0 N–H and O–H groups in total. The monoisotopic (exact) mass is 276 g/mol. The van der Waals surface area contributed by atoms with Crippen molar-refractivity contribution in [1.82, 2.24) is 4.98 Å². The molecule has 0 atom stereocenters. The summed E-state index contributed by atoms with van der Waals surface area (Å²) >= 11 is 0. The molecule has 82 valence electrons. The molecule has 2 nitrogen and oxygen atoms in total. The number of halogens is 1. The van der Waals surface area contributed by atoms with E-state index in [1.807, 2.05) is 18.2 Å². The third-order valence-corrected chi connectivity index (χ3v) is 2.24. The summed E-state index contributed by atoms with van der Waals surface area (Å²) < 4.78 is 2.08. The molecule has 0 aromatic carbocycles. The van der Waals surface area contributed by atoms with Gasteiger partial charge < -0.3 is 17.0 Å². The van der Waals surface area contributed by atoms with Crippen molar-refractivity contribution >= 4 is 0 Å². The van der Waals surface area contributed by atoms with Gasteiger partial charge in [0.15, 0.2) is 18.9 Å². The first kappa shape index (κ1) is 12.6. The highest BCUT2D eigenvalue weighted by atomic mass is 79.9. The topological polar surface area (TPSA) is 16.8 Å². The molecule has 0 fully saturated rings. The van der Waals surface area contributed by atoms with E-state index in [9.17, 15) is 0 Å². The van der Waals surface area contributed by atoms with Crippen molar-refractivity contribution < 1.29 is 21.5 Å². The quantitative estimate of drug-likeness (QED) is 0.531. The second kappa shape index (κ2) is 6.18. The average molecular weight is 277 g/mol. The number of hydrogen-bond donors (Lipinski definition) is 0. The summed E-state index contributed by atoms with van der Waals surface area (Å²) in [6.07, 6.45) is 9.60. The van der Waals surface area contributed by atoms with Crippen LogP contribution < -0.4 is 21.5 Å². The summed E-state index contributed by atoms with van der Waals surface area (Å²) in [5, 5.41) is 0. The van der Waals surface area contributed by atoms with Crippen LogP contribution in [0.3, 0.4) is 0 Å². The van der Waals surface area contributed by atoms with Gasteiger partial charge in [0.1, 0.15) is 0 Å². The molecule has 2 heterocycles. The van der Waals surface area contributed by atoms with Gasteiger partial charge in [0, 0.05) is 24.5 Å². The molecule has 0 saturated carbocycles. The fourth-order valence-electron chi connectivity index (χ4n) is 1.46. The Morgan fingerprint density at radius 1 is 1.06 bits per heavy atom. The zero-order chi connectivity index (χ0) is 10.5. The number of nitrogens with zero attached hydrogens (tertiary/aromatic N) is 2.